The summed E-state index contributed by atoms with van der Waals surface area (Å²) in [5.41, 5.74) is 2.71. The van der Waals surface area contributed by atoms with Gasteiger partial charge < -0.3 is 5.32 Å². The van der Waals surface area contributed by atoms with Gasteiger partial charge in [0, 0.05) is 9.77 Å². The van der Waals surface area contributed by atoms with E-state index >= 15 is 0 Å². The zero-order valence-electron chi connectivity index (χ0n) is 10.4. The molecule has 0 spiro atoms. The SMILES string of the molecule is CNC(c1ccc(SC)cc1)c1ccsc1C. The minimum Gasteiger partial charge on any atom is -0.309 e. The molecule has 0 bridgehead atoms. The van der Waals surface area contributed by atoms with E-state index in [-0.39, 0.29) is 0 Å². The van der Waals surface area contributed by atoms with Crippen LogP contribution in [0.25, 0.3) is 0 Å². The summed E-state index contributed by atoms with van der Waals surface area (Å²) in [5.74, 6) is 0. The molecule has 0 radical (unpaired) electrons. The molecular formula is C14H17NS2. The van der Waals surface area contributed by atoms with Crippen LogP contribution in [0, 0.1) is 6.92 Å². The number of aryl methyl sites for hydroxylation is 1. The van der Waals surface area contributed by atoms with Crippen LogP contribution in [-0.4, -0.2) is 13.3 Å². The molecule has 1 atom stereocenters. The number of benzene rings is 1. The molecule has 0 amide bonds. The monoisotopic (exact) mass is 263 g/mol. The van der Waals surface area contributed by atoms with E-state index in [4.69, 9.17) is 0 Å². The predicted molar refractivity (Wildman–Crippen MR) is 78.2 cm³/mol. The second-order valence-electron chi connectivity index (χ2n) is 3.93. The van der Waals surface area contributed by atoms with Gasteiger partial charge in [0.15, 0.2) is 0 Å². The topological polar surface area (TPSA) is 12.0 Å². The Morgan fingerprint density at radius 1 is 1.18 bits per heavy atom. The molecule has 0 aliphatic heterocycles. The smallest absolute Gasteiger partial charge is 0.0585 e. The van der Waals surface area contributed by atoms with E-state index in [1.165, 1.54) is 20.9 Å². The van der Waals surface area contributed by atoms with E-state index in [1.54, 1.807) is 23.1 Å². The van der Waals surface area contributed by atoms with Crippen molar-refractivity contribution in [1.82, 2.24) is 5.32 Å². The quantitative estimate of drug-likeness (QED) is 0.834. The van der Waals surface area contributed by atoms with Gasteiger partial charge in [-0.1, -0.05) is 12.1 Å². The van der Waals surface area contributed by atoms with E-state index in [9.17, 15) is 0 Å². The van der Waals surface area contributed by atoms with Crippen molar-refractivity contribution >= 4 is 23.1 Å². The van der Waals surface area contributed by atoms with Gasteiger partial charge in [-0.25, -0.2) is 0 Å². The molecule has 90 valence electrons. The lowest BCUT2D eigenvalue weighted by Gasteiger charge is -2.17. The number of thioether (sulfide) groups is 1. The molecule has 1 aromatic heterocycles. The van der Waals surface area contributed by atoms with E-state index in [0.29, 0.717) is 6.04 Å². The molecule has 0 saturated heterocycles. The fourth-order valence-electron chi connectivity index (χ4n) is 1.99. The summed E-state index contributed by atoms with van der Waals surface area (Å²) in [6.45, 7) is 2.18. The van der Waals surface area contributed by atoms with E-state index in [0.717, 1.165) is 0 Å². The highest BCUT2D eigenvalue weighted by atomic mass is 32.2. The summed E-state index contributed by atoms with van der Waals surface area (Å²) >= 11 is 3.59. The summed E-state index contributed by atoms with van der Waals surface area (Å²) in [7, 11) is 2.02. The van der Waals surface area contributed by atoms with Crippen LogP contribution in [0.2, 0.25) is 0 Å². The third kappa shape index (κ3) is 2.73. The number of thiophene rings is 1. The highest BCUT2D eigenvalue weighted by Gasteiger charge is 2.14. The zero-order valence-corrected chi connectivity index (χ0v) is 12.0. The molecule has 1 N–H and O–H groups in total. The van der Waals surface area contributed by atoms with Crippen LogP contribution >= 0.6 is 23.1 Å². The first-order valence-electron chi connectivity index (χ1n) is 5.61. The Hall–Kier alpha value is -0.770. The molecule has 2 rings (SSSR count). The molecular weight excluding hydrogens is 246 g/mol. The zero-order chi connectivity index (χ0) is 12.3. The summed E-state index contributed by atoms with van der Waals surface area (Å²) < 4.78 is 0. The lowest BCUT2D eigenvalue weighted by Crippen LogP contribution is -2.17. The van der Waals surface area contributed by atoms with Crippen LogP contribution in [0.3, 0.4) is 0 Å². The number of hydrogen-bond donors (Lipinski definition) is 1. The maximum atomic E-state index is 3.40. The van der Waals surface area contributed by atoms with Gasteiger partial charge >= 0.3 is 0 Å². The standard InChI is InChI=1S/C14H17NS2/c1-10-13(8-9-17-10)14(15-2)11-4-6-12(16-3)7-5-11/h4-9,14-15H,1-3H3. The molecule has 1 aromatic carbocycles. The van der Waals surface area contributed by atoms with Crippen molar-refractivity contribution in [3.8, 4) is 0 Å². The average Bonchev–Trinajstić information content (AvgIpc) is 2.78. The van der Waals surface area contributed by atoms with Crippen LogP contribution in [0.1, 0.15) is 22.0 Å². The van der Waals surface area contributed by atoms with Gasteiger partial charge in [-0.2, -0.15) is 0 Å². The maximum absolute atomic E-state index is 3.40. The molecule has 1 heterocycles. The molecule has 1 nitrogen and oxygen atoms in total. The summed E-state index contributed by atoms with van der Waals surface area (Å²) in [4.78, 5) is 2.70. The van der Waals surface area contributed by atoms with Crippen molar-refractivity contribution in [3.63, 3.8) is 0 Å². The normalized spacial score (nSPS) is 12.6. The Bertz CT molecular complexity index is 473. The first kappa shape index (κ1) is 12.7. The lowest BCUT2D eigenvalue weighted by atomic mass is 10.00. The lowest BCUT2D eigenvalue weighted by molar-refractivity contribution is 0.690. The van der Waals surface area contributed by atoms with Gasteiger partial charge in [0.05, 0.1) is 6.04 Å². The van der Waals surface area contributed by atoms with Crippen LogP contribution in [0.4, 0.5) is 0 Å². The Morgan fingerprint density at radius 2 is 1.88 bits per heavy atom. The number of nitrogens with one attached hydrogen (secondary N) is 1. The van der Waals surface area contributed by atoms with Gasteiger partial charge in [0.25, 0.3) is 0 Å². The Kier molecular flexibility index (Phi) is 4.26. The summed E-state index contributed by atoms with van der Waals surface area (Å²) in [6, 6.07) is 11.3. The predicted octanol–water partition coefficient (Wildman–Crippen LogP) is 4.09. The van der Waals surface area contributed by atoms with Gasteiger partial charge in [-0.05, 0) is 54.9 Å². The highest BCUT2D eigenvalue weighted by molar-refractivity contribution is 7.98. The maximum Gasteiger partial charge on any atom is 0.0585 e. The van der Waals surface area contributed by atoms with E-state index in [2.05, 4.69) is 54.2 Å². The molecule has 0 aliphatic rings. The van der Waals surface area contributed by atoms with Crippen LogP contribution in [0.5, 0.6) is 0 Å². The van der Waals surface area contributed by atoms with Crippen molar-refractivity contribution in [2.24, 2.45) is 0 Å². The Morgan fingerprint density at radius 3 is 2.35 bits per heavy atom. The van der Waals surface area contributed by atoms with E-state index in [1.807, 2.05) is 7.05 Å². The van der Waals surface area contributed by atoms with Crippen LogP contribution < -0.4 is 5.32 Å². The first-order chi connectivity index (χ1) is 8.26. The Balaban J connectivity index is 2.32. The summed E-state index contributed by atoms with van der Waals surface area (Å²) in [6.07, 6.45) is 2.10. The number of hydrogen-bond acceptors (Lipinski definition) is 3. The third-order valence-electron chi connectivity index (χ3n) is 2.95. The van der Waals surface area contributed by atoms with Crippen molar-refractivity contribution < 1.29 is 0 Å². The fraction of sp³-hybridized carbons (Fsp3) is 0.286. The second-order valence-corrected chi connectivity index (χ2v) is 5.93. The van der Waals surface area contributed by atoms with Crippen molar-refractivity contribution in [2.45, 2.75) is 17.9 Å². The molecule has 0 aliphatic carbocycles. The molecule has 2 aromatic rings. The van der Waals surface area contributed by atoms with Gasteiger partial charge in [-0.15, -0.1) is 23.1 Å². The van der Waals surface area contributed by atoms with Crippen molar-refractivity contribution in [2.75, 3.05) is 13.3 Å². The molecule has 3 heteroatoms. The van der Waals surface area contributed by atoms with Gasteiger partial charge in [-0.3, -0.25) is 0 Å². The van der Waals surface area contributed by atoms with E-state index < -0.39 is 0 Å². The number of rotatable bonds is 4. The van der Waals surface area contributed by atoms with Gasteiger partial charge in [0.2, 0.25) is 0 Å². The second kappa shape index (κ2) is 5.71. The fourth-order valence-corrected chi connectivity index (χ4v) is 3.14. The molecule has 0 saturated carbocycles. The minimum atomic E-state index is 0.303. The van der Waals surface area contributed by atoms with Crippen molar-refractivity contribution in [1.29, 1.82) is 0 Å². The summed E-state index contributed by atoms with van der Waals surface area (Å²) in [5, 5.41) is 5.56. The highest BCUT2D eigenvalue weighted by Crippen LogP contribution is 2.28. The van der Waals surface area contributed by atoms with Crippen molar-refractivity contribution in [3.05, 3.63) is 51.7 Å². The van der Waals surface area contributed by atoms with Gasteiger partial charge in [0.1, 0.15) is 0 Å². The minimum absolute atomic E-state index is 0.303. The first-order valence-corrected chi connectivity index (χ1v) is 7.72. The third-order valence-corrected chi connectivity index (χ3v) is 4.55. The molecule has 1 unspecified atom stereocenters. The average molecular weight is 263 g/mol. The molecule has 0 fully saturated rings. The van der Waals surface area contributed by atoms with Crippen LogP contribution in [-0.2, 0) is 0 Å². The Labute approximate surface area is 111 Å². The van der Waals surface area contributed by atoms with Crippen LogP contribution in [0.15, 0.2) is 40.6 Å². The molecule has 17 heavy (non-hydrogen) atoms. The largest absolute Gasteiger partial charge is 0.309 e.